The third-order valence-electron chi connectivity index (χ3n) is 7.34. The Morgan fingerprint density at radius 1 is 1.08 bits per heavy atom. The Labute approximate surface area is 147 Å². The molecule has 0 unspecified atom stereocenters. The maximum atomic E-state index is 13.1. The minimum Gasteiger partial charge on any atom is -0.377 e. The summed E-state index contributed by atoms with van der Waals surface area (Å²) in [5.74, 6) is 3.35. The largest absolute Gasteiger partial charge is 0.377 e. The first-order chi connectivity index (χ1) is 11.4. The Morgan fingerprint density at radius 2 is 1.67 bits per heavy atom. The van der Waals surface area contributed by atoms with Gasteiger partial charge in [0.05, 0.1) is 6.10 Å². The van der Waals surface area contributed by atoms with Crippen LogP contribution >= 0.6 is 0 Å². The summed E-state index contributed by atoms with van der Waals surface area (Å²) in [6, 6.07) is 0. The molecular formula is C21H35NO2. The molecule has 4 saturated carbocycles. The Kier molecular flexibility index (Phi) is 4.22. The average molecular weight is 334 g/mol. The predicted octanol–water partition coefficient (Wildman–Crippen LogP) is 4.16. The number of nitrogens with one attached hydrogen (secondary N) is 1. The molecule has 0 aromatic rings. The zero-order valence-electron chi connectivity index (χ0n) is 15.8. The lowest BCUT2D eigenvalue weighted by molar-refractivity contribution is -0.147. The minimum atomic E-state index is -0.0124. The van der Waals surface area contributed by atoms with Crippen LogP contribution in [0.5, 0.6) is 0 Å². The van der Waals surface area contributed by atoms with Gasteiger partial charge in [-0.25, -0.2) is 0 Å². The van der Waals surface area contributed by atoms with Gasteiger partial charge in [-0.3, -0.25) is 4.79 Å². The van der Waals surface area contributed by atoms with Crippen LogP contribution in [0.15, 0.2) is 0 Å². The number of hydrogen-bond acceptors (Lipinski definition) is 2. The highest BCUT2D eigenvalue weighted by molar-refractivity contribution is 5.83. The van der Waals surface area contributed by atoms with Gasteiger partial charge < -0.3 is 10.1 Å². The van der Waals surface area contributed by atoms with Crippen LogP contribution in [-0.2, 0) is 9.53 Å². The first kappa shape index (κ1) is 16.9. The van der Waals surface area contributed by atoms with Gasteiger partial charge in [0.25, 0.3) is 0 Å². The van der Waals surface area contributed by atoms with Crippen molar-refractivity contribution >= 4 is 5.91 Å². The third-order valence-corrected chi connectivity index (χ3v) is 7.34. The Morgan fingerprint density at radius 3 is 2.21 bits per heavy atom. The van der Waals surface area contributed by atoms with E-state index in [0.717, 1.165) is 56.6 Å². The van der Waals surface area contributed by atoms with Gasteiger partial charge in [-0.1, -0.05) is 20.8 Å². The van der Waals surface area contributed by atoms with Crippen molar-refractivity contribution in [3.8, 4) is 0 Å². The zero-order valence-corrected chi connectivity index (χ0v) is 15.8. The summed E-state index contributed by atoms with van der Waals surface area (Å²) in [6.07, 6.45) is 10.3. The van der Waals surface area contributed by atoms with Crippen LogP contribution in [0.3, 0.4) is 0 Å². The van der Waals surface area contributed by atoms with E-state index in [1.807, 2.05) is 0 Å². The van der Waals surface area contributed by atoms with Crippen molar-refractivity contribution < 1.29 is 9.53 Å². The van der Waals surface area contributed by atoms with Gasteiger partial charge in [0.2, 0.25) is 5.91 Å². The van der Waals surface area contributed by atoms with Gasteiger partial charge in [0.15, 0.2) is 0 Å². The van der Waals surface area contributed by atoms with Crippen molar-refractivity contribution in [2.75, 3.05) is 13.2 Å². The van der Waals surface area contributed by atoms with Gasteiger partial charge in [-0.2, -0.15) is 0 Å². The van der Waals surface area contributed by atoms with Crippen LogP contribution in [-0.4, -0.2) is 25.2 Å². The molecule has 3 nitrogen and oxygen atoms in total. The van der Waals surface area contributed by atoms with Crippen LogP contribution in [0.1, 0.15) is 72.1 Å². The normalized spacial score (nSPS) is 44.5. The molecule has 0 spiro atoms. The minimum absolute atomic E-state index is 0.0124. The molecule has 4 aliphatic carbocycles. The highest BCUT2D eigenvalue weighted by Crippen LogP contribution is 2.60. The molecule has 3 heteroatoms. The standard InChI is InChI=1S/C21H35NO2/c1-20(2,3)18-17(5-4-6-24-18)13-22-19(23)21-10-14-7-15(11-21)9-16(8-14)12-21/h14-18H,4-13H2,1-3H3,(H,22,23)/t14?,15?,16?,17-,18-,21?/m1/s1. The van der Waals surface area contributed by atoms with E-state index in [2.05, 4.69) is 26.1 Å². The van der Waals surface area contributed by atoms with Crippen LogP contribution in [0, 0.1) is 34.5 Å². The first-order valence-corrected chi connectivity index (χ1v) is 10.3. The number of carbonyl (C=O) groups is 1. The quantitative estimate of drug-likeness (QED) is 0.842. The van der Waals surface area contributed by atoms with E-state index in [9.17, 15) is 4.79 Å². The molecule has 0 aromatic carbocycles. The summed E-state index contributed by atoms with van der Waals surface area (Å²) in [5, 5.41) is 3.39. The fourth-order valence-electron chi connectivity index (χ4n) is 6.81. The summed E-state index contributed by atoms with van der Waals surface area (Å²) < 4.78 is 6.09. The summed E-state index contributed by atoms with van der Waals surface area (Å²) in [6.45, 7) is 8.47. The van der Waals surface area contributed by atoms with Crippen LogP contribution in [0.4, 0.5) is 0 Å². The number of ether oxygens (including phenoxy) is 1. The average Bonchev–Trinajstić information content (AvgIpc) is 2.50. The summed E-state index contributed by atoms with van der Waals surface area (Å²) >= 11 is 0. The fraction of sp³-hybridized carbons (Fsp3) is 0.952. The number of hydrogen-bond donors (Lipinski definition) is 1. The van der Waals surface area contributed by atoms with E-state index in [1.165, 1.54) is 25.7 Å². The lowest BCUT2D eigenvalue weighted by atomic mass is 9.49. The maximum absolute atomic E-state index is 13.1. The van der Waals surface area contributed by atoms with Crippen molar-refractivity contribution in [2.24, 2.45) is 34.5 Å². The second-order valence-corrected chi connectivity index (χ2v) is 10.5. The highest BCUT2D eigenvalue weighted by atomic mass is 16.5. The fourth-order valence-corrected chi connectivity index (χ4v) is 6.81. The van der Waals surface area contributed by atoms with Crippen molar-refractivity contribution in [2.45, 2.75) is 78.2 Å². The lowest BCUT2D eigenvalue weighted by Gasteiger charge is -2.55. The Balaban J connectivity index is 1.39. The van der Waals surface area contributed by atoms with Gasteiger partial charge >= 0.3 is 0 Å². The molecule has 1 saturated heterocycles. The third kappa shape index (κ3) is 3.02. The van der Waals surface area contributed by atoms with Crippen molar-refractivity contribution in [1.82, 2.24) is 5.32 Å². The van der Waals surface area contributed by atoms with Gasteiger partial charge in [-0.15, -0.1) is 0 Å². The van der Waals surface area contributed by atoms with E-state index in [0.29, 0.717) is 11.8 Å². The predicted molar refractivity (Wildman–Crippen MR) is 95.5 cm³/mol. The molecule has 0 aromatic heterocycles. The molecule has 1 heterocycles. The van der Waals surface area contributed by atoms with Crippen molar-refractivity contribution in [1.29, 1.82) is 0 Å². The van der Waals surface area contributed by atoms with Crippen molar-refractivity contribution in [3.63, 3.8) is 0 Å². The molecule has 2 atom stereocenters. The summed E-state index contributed by atoms with van der Waals surface area (Å²) in [7, 11) is 0. The van der Waals surface area contributed by atoms with Gasteiger partial charge in [0, 0.05) is 24.5 Å². The van der Waals surface area contributed by atoms with Gasteiger partial charge in [-0.05, 0) is 74.5 Å². The monoisotopic (exact) mass is 333 g/mol. The van der Waals surface area contributed by atoms with Crippen molar-refractivity contribution in [3.05, 3.63) is 0 Å². The van der Waals surface area contributed by atoms with Crippen LogP contribution in [0.25, 0.3) is 0 Å². The molecule has 1 N–H and O–H groups in total. The van der Waals surface area contributed by atoms with Crippen LogP contribution < -0.4 is 5.32 Å². The van der Waals surface area contributed by atoms with E-state index in [1.54, 1.807) is 0 Å². The molecule has 5 rings (SSSR count). The first-order valence-electron chi connectivity index (χ1n) is 10.3. The van der Waals surface area contributed by atoms with E-state index in [4.69, 9.17) is 4.74 Å². The molecule has 0 radical (unpaired) electrons. The molecular weight excluding hydrogens is 298 g/mol. The number of rotatable bonds is 3. The number of amides is 1. The lowest BCUT2D eigenvalue weighted by Crippen LogP contribution is -2.55. The van der Waals surface area contributed by atoms with E-state index in [-0.39, 0.29) is 16.9 Å². The van der Waals surface area contributed by atoms with E-state index >= 15 is 0 Å². The molecule has 1 aliphatic heterocycles. The molecule has 136 valence electrons. The highest BCUT2D eigenvalue weighted by Gasteiger charge is 2.54. The summed E-state index contributed by atoms with van der Waals surface area (Å²) in [5.41, 5.74) is 0.137. The molecule has 4 bridgehead atoms. The van der Waals surface area contributed by atoms with Crippen LogP contribution in [0.2, 0.25) is 0 Å². The Hall–Kier alpha value is -0.570. The van der Waals surface area contributed by atoms with Gasteiger partial charge in [0.1, 0.15) is 0 Å². The molecule has 1 amide bonds. The summed E-state index contributed by atoms with van der Waals surface area (Å²) in [4.78, 5) is 13.1. The zero-order chi connectivity index (χ0) is 16.9. The molecule has 24 heavy (non-hydrogen) atoms. The topological polar surface area (TPSA) is 38.3 Å². The second-order valence-electron chi connectivity index (χ2n) is 10.5. The second kappa shape index (κ2) is 6.00. The Bertz CT molecular complexity index is 457. The maximum Gasteiger partial charge on any atom is 0.226 e. The van der Waals surface area contributed by atoms with E-state index < -0.39 is 0 Å². The molecule has 5 fully saturated rings. The smallest absolute Gasteiger partial charge is 0.226 e. The SMILES string of the molecule is CC(C)(C)[C@@H]1OCCC[C@@H]1CNC(=O)C12CC3CC(CC(C3)C1)C2. The molecule has 5 aliphatic rings. The number of carbonyl (C=O) groups excluding carboxylic acids is 1.